The Morgan fingerprint density at radius 1 is 0.300 bits per heavy atom. The largest absolute Gasteiger partial charge is 0.333 e. The van der Waals surface area contributed by atoms with E-state index < -0.39 is 0 Å². The SMILES string of the molecule is CN.CN.CN.CN.CN. The van der Waals surface area contributed by atoms with Gasteiger partial charge in [0.2, 0.25) is 0 Å². The molecule has 10 N–H and O–H groups in total. The van der Waals surface area contributed by atoms with E-state index in [1.165, 1.54) is 35.2 Å². The molecule has 0 radical (unpaired) electrons. The normalized spacial score (nSPS) is 3.00. The summed E-state index contributed by atoms with van der Waals surface area (Å²) in [6.07, 6.45) is 0. The van der Waals surface area contributed by atoms with E-state index in [9.17, 15) is 0 Å². The smallest absolute Gasteiger partial charge is 0.0195 e. The van der Waals surface area contributed by atoms with Crippen LogP contribution in [0.25, 0.3) is 0 Å². The summed E-state index contributed by atoms with van der Waals surface area (Å²) in [6.45, 7) is 0. The highest BCUT2D eigenvalue weighted by atomic mass is 14.4. The second-order valence-electron chi connectivity index (χ2n) is 0. The molecule has 0 aliphatic heterocycles. The summed E-state index contributed by atoms with van der Waals surface area (Å²) in [5, 5.41) is 0. The summed E-state index contributed by atoms with van der Waals surface area (Å²) in [7, 11) is 7.50. The molecule has 70 valence electrons. The first-order chi connectivity index (χ1) is 5.00. The standard InChI is InChI=1S/5CH5N/c5*1-2/h5*2H2,1H3. The molecular formula is C5H25N5. The first-order valence-electron chi connectivity index (χ1n) is 2.89. The highest BCUT2D eigenvalue weighted by Gasteiger charge is 0.844. The van der Waals surface area contributed by atoms with Crippen molar-refractivity contribution < 1.29 is 0 Å². The lowest BCUT2D eigenvalue weighted by molar-refractivity contribution is 1.48. The molecule has 0 rings (SSSR count). The molecule has 0 amide bonds. The third kappa shape index (κ3) is 9020. The maximum Gasteiger partial charge on any atom is -0.0195 e. The molecular weight excluding hydrogens is 130 g/mol. The Morgan fingerprint density at radius 2 is 0.300 bits per heavy atom. The molecule has 0 saturated heterocycles. The van der Waals surface area contributed by atoms with Crippen molar-refractivity contribution in [3.05, 3.63) is 0 Å². The lowest BCUT2D eigenvalue weighted by Crippen LogP contribution is -1.69. The molecule has 0 aliphatic carbocycles. The van der Waals surface area contributed by atoms with Crippen LogP contribution in [0.15, 0.2) is 0 Å². The zero-order chi connectivity index (χ0) is 10.0. The molecule has 0 aliphatic rings. The molecule has 0 atom stereocenters. The lowest BCUT2D eigenvalue weighted by atomic mass is 11.6. The minimum atomic E-state index is 1.50. The fraction of sp³-hybridized carbons (Fsp3) is 1.00. The van der Waals surface area contributed by atoms with Gasteiger partial charge in [0.15, 0.2) is 0 Å². The third-order valence-electron chi connectivity index (χ3n) is 0. The van der Waals surface area contributed by atoms with Crippen molar-refractivity contribution in [3.63, 3.8) is 0 Å². The number of rotatable bonds is 0. The second kappa shape index (κ2) is 13400. The average Bonchev–Trinajstić information content (AvgIpc) is 2.20. The highest BCUT2D eigenvalue weighted by Crippen LogP contribution is 0.476. The zero-order valence-corrected chi connectivity index (χ0v) is 7.89. The van der Waals surface area contributed by atoms with Gasteiger partial charge < -0.3 is 28.7 Å². The minimum Gasteiger partial charge on any atom is -0.333 e. The van der Waals surface area contributed by atoms with E-state index in [0.29, 0.717) is 0 Å². The quantitative estimate of drug-likeness (QED) is 0.273. The maximum absolute atomic E-state index is 4.50. The van der Waals surface area contributed by atoms with Gasteiger partial charge in [-0.25, -0.2) is 0 Å². The second-order valence-corrected chi connectivity index (χ2v) is 0. The van der Waals surface area contributed by atoms with Crippen LogP contribution in [0.3, 0.4) is 0 Å². The Balaban J connectivity index is -0.0000000104. The summed E-state index contributed by atoms with van der Waals surface area (Å²) in [4.78, 5) is 0. The van der Waals surface area contributed by atoms with Gasteiger partial charge in [-0.15, -0.1) is 0 Å². The Bertz CT molecular complexity index is 10.0. The van der Waals surface area contributed by atoms with E-state index in [0.717, 1.165) is 0 Å². The van der Waals surface area contributed by atoms with Gasteiger partial charge in [-0.1, -0.05) is 0 Å². The monoisotopic (exact) mass is 155 g/mol. The Kier molecular flexibility index (Phi) is 44100. The predicted octanol–water partition coefficient (Wildman–Crippen LogP) is -2.13. The molecule has 0 aromatic carbocycles. The van der Waals surface area contributed by atoms with Crippen molar-refractivity contribution in [2.75, 3.05) is 35.2 Å². The molecule has 0 aromatic heterocycles. The van der Waals surface area contributed by atoms with Gasteiger partial charge in [0.25, 0.3) is 0 Å². The average molecular weight is 155 g/mol. The van der Waals surface area contributed by atoms with Crippen LogP contribution in [0.5, 0.6) is 0 Å². The number of hydrogen-bond acceptors (Lipinski definition) is 5. The van der Waals surface area contributed by atoms with Crippen LogP contribution < -0.4 is 28.7 Å². The first-order valence-corrected chi connectivity index (χ1v) is 2.89. The molecule has 5 heteroatoms. The third-order valence-corrected chi connectivity index (χ3v) is 0. The van der Waals surface area contributed by atoms with Gasteiger partial charge in [-0.2, -0.15) is 0 Å². The van der Waals surface area contributed by atoms with E-state index in [2.05, 4.69) is 28.7 Å². The molecule has 0 spiro atoms. The number of hydrogen-bond donors (Lipinski definition) is 5. The van der Waals surface area contributed by atoms with E-state index in [4.69, 9.17) is 0 Å². The van der Waals surface area contributed by atoms with Crippen molar-refractivity contribution in [2.24, 2.45) is 28.7 Å². The Hall–Kier alpha value is -0.200. The lowest BCUT2D eigenvalue weighted by Gasteiger charge is -1.19. The summed E-state index contributed by atoms with van der Waals surface area (Å²) in [6, 6.07) is 0. The van der Waals surface area contributed by atoms with Crippen LogP contribution in [-0.2, 0) is 0 Å². The van der Waals surface area contributed by atoms with Gasteiger partial charge in [0.05, 0.1) is 0 Å². The number of nitrogens with two attached hydrogens (primary N) is 5. The van der Waals surface area contributed by atoms with Gasteiger partial charge in [0.1, 0.15) is 0 Å². The Labute approximate surface area is 64.9 Å². The topological polar surface area (TPSA) is 130 Å². The predicted molar refractivity (Wildman–Crippen MR) is 50.6 cm³/mol. The van der Waals surface area contributed by atoms with Gasteiger partial charge in [0, 0.05) is 0 Å². The van der Waals surface area contributed by atoms with Gasteiger partial charge >= 0.3 is 0 Å². The van der Waals surface area contributed by atoms with Crippen LogP contribution >= 0.6 is 0 Å². The molecule has 5 nitrogen and oxygen atoms in total. The van der Waals surface area contributed by atoms with E-state index in [1.54, 1.807) is 0 Å². The van der Waals surface area contributed by atoms with Crippen LogP contribution in [0.1, 0.15) is 0 Å². The van der Waals surface area contributed by atoms with Crippen LogP contribution in [0.2, 0.25) is 0 Å². The highest BCUT2D eigenvalue weighted by molar-refractivity contribution is 3.55. The molecule has 0 saturated carbocycles. The van der Waals surface area contributed by atoms with Crippen molar-refractivity contribution in [1.82, 2.24) is 0 Å². The van der Waals surface area contributed by atoms with Crippen molar-refractivity contribution in [2.45, 2.75) is 0 Å². The maximum atomic E-state index is 4.50. The summed E-state index contributed by atoms with van der Waals surface area (Å²) < 4.78 is 0. The molecule has 0 aromatic rings. The van der Waals surface area contributed by atoms with Gasteiger partial charge in [-0.05, 0) is 35.2 Å². The van der Waals surface area contributed by atoms with Crippen LogP contribution in [0, 0.1) is 0 Å². The van der Waals surface area contributed by atoms with E-state index >= 15 is 0 Å². The van der Waals surface area contributed by atoms with E-state index in [1.807, 2.05) is 0 Å². The van der Waals surface area contributed by atoms with Crippen molar-refractivity contribution in [3.8, 4) is 0 Å². The van der Waals surface area contributed by atoms with Crippen molar-refractivity contribution >= 4 is 0 Å². The Morgan fingerprint density at radius 3 is 0.300 bits per heavy atom. The fourth-order valence-corrected chi connectivity index (χ4v) is 0. The summed E-state index contributed by atoms with van der Waals surface area (Å²) >= 11 is 0. The molecule has 0 unspecified atom stereocenters. The fourth-order valence-electron chi connectivity index (χ4n) is 0. The minimum absolute atomic E-state index is 1.50. The summed E-state index contributed by atoms with van der Waals surface area (Å²) in [5.41, 5.74) is 22.5. The van der Waals surface area contributed by atoms with Gasteiger partial charge in [-0.3, -0.25) is 0 Å². The molecule has 0 bridgehead atoms. The molecule has 0 heterocycles. The van der Waals surface area contributed by atoms with Crippen LogP contribution in [-0.4, -0.2) is 35.2 Å². The zero-order valence-electron chi connectivity index (χ0n) is 7.89. The molecule has 0 fully saturated rings. The van der Waals surface area contributed by atoms with Crippen LogP contribution in [0.4, 0.5) is 0 Å². The van der Waals surface area contributed by atoms with E-state index in [-0.39, 0.29) is 0 Å². The molecule has 10 heavy (non-hydrogen) atoms. The summed E-state index contributed by atoms with van der Waals surface area (Å²) in [5.74, 6) is 0. The van der Waals surface area contributed by atoms with Crippen molar-refractivity contribution in [1.29, 1.82) is 0 Å². The first kappa shape index (κ1) is 32.9.